The van der Waals surface area contributed by atoms with Crippen LogP contribution in [-0.4, -0.2) is 20.7 Å². The van der Waals surface area contributed by atoms with Gasteiger partial charge in [-0.3, -0.25) is 0 Å². The highest BCUT2D eigenvalue weighted by Crippen LogP contribution is 2.49. The largest absolute Gasteiger partial charge is 0.213 e. The molecule has 2 aliphatic carbocycles. The molecule has 4 unspecified atom stereocenters. The number of rotatable bonds is 3. The maximum atomic E-state index is 11.1. The number of fused-ring (bicyclic) bond motifs is 2. The third-order valence-electron chi connectivity index (χ3n) is 3.83. The van der Waals surface area contributed by atoms with Gasteiger partial charge < -0.3 is 0 Å². The van der Waals surface area contributed by atoms with Crippen LogP contribution in [0.25, 0.3) is 0 Å². The molecule has 4 atom stereocenters. The first-order chi connectivity index (χ1) is 6.46. The van der Waals surface area contributed by atoms with Crippen LogP contribution in [0, 0.1) is 17.8 Å². The molecular formula is C10H19NO2S. The molecule has 0 amide bonds. The maximum absolute atomic E-state index is 11.1. The molecule has 0 aromatic carbocycles. The molecule has 0 heterocycles. The summed E-state index contributed by atoms with van der Waals surface area (Å²) < 4.78 is 24.9. The van der Waals surface area contributed by atoms with Gasteiger partial charge in [-0.05, 0) is 43.9 Å². The fourth-order valence-corrected chi connectivity index (χ4v) is 4.18. The van der Waals surface area contributed by atoms with E-state index < -0.39 is 10.0 Å². The summed E-state index contributed by atoms with van der Waals surface area (Å²) in [7, 11) is -3.03. The molecule has 3 nitrogen and oxygen atoms in total. The van der Waals surface area contributed by atoms with Crippen molar-refractivity contribution in [1.82, 2.24) is 4.72 Å². The molecule has 2 aliphatic rings. The van der Waals surface area contributed by atoms with Crippen LogP contribution in [-0.2, 0) is 10.0 Å². The Kier molecular flexibility index (Phi) is 2.60. The Hall–Kier alpha value is -0.0900. The van der Waals surface area contributed by atoms with Crippen LogP contribution in [0.4, 0.5) is 0 Å². The van der Waals surface area contributed by atoms with Gasteiger partial charge in [-0.1, -0.05) is 6.42 Å². The lowest BCUT2D eigenvalue weighted by Crippen LogP contribution is -2.39. The van der Waals surface area contributed by atoms with E-state index in [2.05, 4.69) is 4.72 Å². The summed E-state index contributed by atoms with van der Waals surface area (Å²) in [5.74, 6) is 2.25. The van der Waals surface area contributed by atoms with E-state index in [0.29, 0.717) is 5.92 Å². The summed E-state index contributed by atoms with van der Waals surface area (Å²) in [5, 5.41) is 0. The highest BCUT2D eigenvalue weighted by Gasteiger charge is 2.42. The fourth-order valence-electron chi connectivity index (χ4n) is 3.33. The smallest absolute Gasteiger partial charge is 0.208 e. The Bertz CT molecular complexity index is 312. The topological polar surface area (TPSA) is 46.2 Å². The lowest BCUT2D eigenvalue weighted by molar-refractivity contribution is 0.280. The van der Waals surface area contributed by atoms with Crippen molar-refractivity contribution in [3.05, 3.63) is 0 Å². The van der Waals surface area contributed by atoms with Gasteiger partial charge in [0.1, 0.15) is 0 Å². The zero-order chi connectivity index (χ0) is 10.3. The van der Waals surface area contributed by atoms with Crippen molar-refractivity contribution in [2.45, 2.75) is 38.6 Å². The predicted molar refractivity (Wildman–Crippen MR) is 56.4 cm³/mol. The third kappa shape index (κ3) is 2.11. The van der Waals surface area contributed by atoms with Gasteiger partial charge in [0.2, 0.25) is 10.0 Å². The molecule has 2 rings (SSSR count). The van der Waals surface area contributed by atoms with Crippen molar-refractivity contribution < 1.29 is 8.42 Å². The van der Waals surface area contributed by atoms with E-state index in [1.54, 1.807) is 0 Å². The molecule has 2 fully saturated rings. The Labute approximate surface area is 86.3 Å². The van der Waals surface area contributed by atoms with Crippen LogP contribution in [0.15, 0.2) is 0 Å². The second-order valence-electron chi connectivity index (χ2n) is 5.02. The Morgan fingerprint density at radius 2 is 2.00 bits per heavy atom. The summed E-state index contributed by atoms with van der Waals surface area (Å²) >= 11 is 0. The van der Waals surface area contributed by atoms with Crippen molar-refractivity contribution in [3.63, 3.8) is 0 Å². The second kappa shape index (κ2) is 3.49. The lowest BCUT2D eigenvalue weighted by Gasteiger charge is -2.27. The average molecular weight is 217 g/mol. The third-order valence-corrected chi connectivity index (χ3v) is 4.63. The normalized spacial score (nSPS) is 38.9. The van der Waals surface area contributed by atoms with E-state index in [1.807, 2.05) is 6.92 Å². The quantitative estimate of drug-likeness (QED) is 0.776. The van der Waals surface area contributed by atoms with Gasteiger partial charge in [-0.25, -0.2) is 13.1 Å². The number of hydrogen-bond donors (Lipinski definition) is 1. The van der Waals surface area contributed by atoms with Gasteiger partial charge in [0.15, 0.2) is 0 Å². The minimum absolute atomic E-state index is 0.125. The second-order valence-corrected chi connectivity index (χ2v) is 6.80. The Balaban J connectivity index is 1.96. The summed E-state index contributed by atoms with van der Waals surface area (Å²) in [6.07, 6.45) is 6.49. The minimum Gasteiger partial charge on any atom is -0.213 e. The standard InChI is InChI=1S/C10H19NO2S/c1-7(11-14(2,12)13)10-6-8-3-4-9(10)5-8/h7-11H,3-6H2,1-2H3. The highest BCUT2D eigenvalue weighted by atomic mass is 32.2. The average Bonchev–Trinajstić information content (AvgIpc) is 2.59. The van der Waals surface area contributed by atoms with Crippen LogP contribution in [0.5, 0.6) is 0 Å². The van der Waals surface area contributed by atoms with Crippen LogP contribution in [0.1, 0.15) is 32.6 Å². The SMILES string of the molecule is CC(NS(C)(=O)=O)C1CC2CCC1C2. The van der Waals surface area contributed by atoms with Gasteiger partial charge in [-0.2, -0.15) is 0 Å². The molecule has 2 saturated carbocycles. The first-order valence-electron chi connectivity index (χ1n) is 5.43. The first-order valence-corrected chi connectivity index (χ1v) is 7.32. The van der Waals surface area contributed by atoms with E-state index in [4.69, 9.17) is 0 Å². The molecule has 1 N–H and O–H groups in total. The first kappa shape index (κ1) is 10.4. The van der Waals surface area contributed by atoms with Crippen LogP contribution in [0.3, 0.4) is 0 Å². The minimum atomic E-state index is -3.03. The Morgan fingerprint density at radius 1 is 1.29 bits per heavy atom. The molecule has 0 spiro atoms. The molecule has 0 aromatic heterocycles. The molecule has 4 heteroatoms. The van der Waals surface area contributed by atoms with Crippen molar-refractivity contribution >= 4 is 10.0 Å². The molecule has 14 heavy (non-hydrogen) atoms. The van der Waals surface area contributed by atoms with E-state index in [0.717, 1.165) is 11.8 Å². The number of nitrogens with one attached hydrogen (secondary N) is 1. The van der Waals surface area contributed by atoms with Gasteiger partial charge >= 0.3 is 0 Å². The summed E-state index contributed by atoms with van der Waals surface area (Å²) in [4.78, 5) is 0. The van der Waals surface area contributed by atoms with E-state index in [1.165, 1.54) is 31.9 Å². The molecule has 82 valence electrons. The van der Waals surface area contributed by atoms with Crippen LogP contribution >= 0.6 is 0 Å². The van der Waals surface area contributed by atoms with Crippen molar-refractivity contribution in [2.24, 2.45) is 17.8 Å². The van der Waals surface area contributed by atoms with Crippen LogP contribution in [0.2, 0.25) is 0 Å². The highest BCUT2D eigenvalue weighted by molar-refractivity contribution is 7.88. The van der Waals surface area contributed by atoms with Gasteiger partial charge in [0, 0.05) is 6.04 Å². The maximum Gasteiger partial charge on any atom is 0.208 e. The van der Waals surface area contributed by atoms with E-state index in [-0.39, 0.29) is 6.04 Å². The summed E-state index contributed by atoms with van der Waals surface area (Å²) in [5.41, 5.74) is 0. The number of sulfonamides is 1. The van der Waals surface area contributed by atoms with Gasteiger partial charge in [0.05, 0.1) is 6.26 Å². The van der Waals surface area contributed by atoms with Crippen molar-refractivity contribution in [1.29, 1.82) is 0 Å². The van der Waals surface area contributed by atoms with E-state index >= 15 is 0 Å². The van der Waals surface area contributed by atoms with Crippen LogP contribution < -0.4 is 4.72 Å². The summed E-state index contributed by atoms with van der Waals surface area (Å²) in [6.45, 7) is 2.01. The monoisotopic (exact) mass is 217 g/mol. The van der Waals surface area contributed by atoms with Crippen molar-refractivity contribution in [2.75, 3.05) is 6.26 Å². The molecule has 0 aromatic rings. The molecule has 2 bridgehead atoms. The zero-order valence-electron chi connectivity index (χ0n) is 8.86. The fraction of sp³-hybridized carbons (Fsp3) is 1.00. The summed E-state index contributed by atoms with van der Waals surface area (Å²) in [6, 6.07) is 0.125. The predicted octanol–water partition coefficient (Wildman–Crippen LogP) is 1.36. The van der Waals surface area contributed by atoms with Crippen molar-refractivity contribution in [3.8, 4) is 0 Å². The molecule has 0 radical (unpaired) electrons. The molecule has 0 aliphatic heterocycles. The van der Waals surface area contributed by atoms with Gasteiger partial charge in [0.25, 0.3) is 0 Å². The number of hydrogen-bond acceptors (Lipinski definition) is 2. The lowest BCUT2D eigenvalue weighted by atomic mass is 9.84. The Morgan fingerprint density at radius 3 is 2.43 bits per heavy atom. The van der Waals surface area contributed by atoms with E-state index in [9.17, 15) is 8.42 Å². The zero-order valence-corrected chi connectivity index (χ0v) is 9.68. The molecule has 0 saturated heterocycles. The molecular weight excluding hydrogens is 198 g/mol. The van der Waals surface area contributed by atoms with Gasteiger partial charge in [-0.15, -0.1) is 0 Å².